The third-order valence-corrected chi connectivity index (χ3v) is 6.61. The molecule has 2 aliphatic heterocycles. The van der Waals surface area contributed by atoms with E-state index in [2.05, 4.69) is 10.3 Å². The van der Waals surface area contributed by atoms with Gasteiger partial charge in [-0.1, -0.05) is 23.7 Å². The predicted molar refractivity (Wildman–Crippen MR) is 96.3 cm³/mol. The van der Waals surface area contributed by atoms with Crippen LogP contribution in [0.3, 0.4) is 0 Å². The fourth-order valence-corrected chi connectivity index (χ4v) is 5.19. The van der Waals surface area contributed by atoms with Crippen molar-refractivity contribution in [3.63, 3.8) is 0 Å². The largest absolute Gasteiger partial charge is 0.325 e. The molecular formula is C16H14ClN3O2S2. The molecule has 2 saturated heterocycles. The molecule has 0 radical (unpaired) electrons. The number of halogens is 1. The van der Waals surface area contributed by atoms with Crippen molar-refractivity contribution in [3.8, 4) is 10.6 Å². The monoisotopic (exact) mass is 379 g/mol. The van der Waals surface area contributed by atoms with E-state index in [-0.39, 0.29) is 18.5 Å². The molecule has 2 fully saturated rings. The Labute approximate surface area is 152 Å². The standard InChI is InChI=1S/C16H14ClN3O2S2/c17-11-3-1-10(2-4-11)13-18-12(8-24-13)7-20-14(21)16(19-15(20)22)5-6-23-9-16/h1-4,8H,5-7,9H2,(H,19,22). The van der Waals surface area contributed by atoms with Crippen molar-refractivity contribution < 1.29 is 9.59 Å². The summed E-state index contributed by atoms with van der Waals surface area (Å²) in [5.74, 6) is 1.43. The van der Waals surface area contributed by atoms with E-state index in [0.29, 0.717) is 17.2 Å². The quantitative estimate of drug-likeness (QED) is 0.830. The molecule has 1 aromatic carbocycles. The maximum absolute atomic E-state index is 12.6. The second-order valence-corrected chi connectivity index (χ2v) is 8.26. The van der Waals surface area contributed by atoms with Crippen molar-refractivity contribution in [1.82, 2.24) is 15.2 Å². The summed E-state index contributed by atoms with van der Waals surface area (Å²) in [6.07, 6.45) is 0.700. The van der Waals surface area contributed by atoms with Crippen LogP contribution >= 0.6 is 34.7 Å². The lowest BCUT2D eigenvalue weighted by Gasteiger charge is -2.18. The van der Waals surface area contributed by atoms with Crippen LogP contribution in [0.25, 0.3) is 10.6 Å². The van der Waals surface area contributed by atoms with Crippen LogP contribution in [0.4, 0.5) is 4.79 Å². The molecule has 1 aromatic heterocycles. The zero-order valence-electron chi connectivity index (χ0n) is 12.6. The Kier molecular flexibility index (Phi) is 4.02. The van der Waals surface area contributed by atoms with Gasteiger partial charge in [-0.3, -0.25) is 9.69 Å². The topological polar surface area (TPSA) is 62.3 Å². The number of nitrogens with zero attached hydrogens (tertiary/aromatic N) is 2. The number of thiazole rings is 1. The van der Waals surface area contributed by atoms with Gasteiger partial charge < -0.3 is 5.32 Å². The van der Waals surface area contributed by atoms with E-state index in [1.807, 2.05) is 29.6 Å². The van der Waals surface area contributed by atoms with Crippen LogP contribution in [0.15, 0.2) is 29.6 Å². The van der Waals surface area contributed by atoms with Gasteiger partial charge in [-0.15, -0.1) is 11.3 Å². The summed E-state index contributed by atoms with van der Waals surface area (Å²) in [5, 5.41) is 6.28. The minimum absolute atomic E-state index is 0.126. The predicted octanol–water partition coefficient (Wildman–Crippen LogP) is 3.39. The summed E-state index contributed by atoms with van der Waals surface area (Å²) < 4.78 is 0. The molecule has 124 valence electrons. The van der Waals surface area contributed by atoms with Gasteiger partial charge in [0.1, 0.15) is 10.5 Å². The molecule has 0 bridgehead atoms. The van der Waals surface area contributed by atoms with Crippen LogP contribution in [-0.4, -0.2) is 38.9 Å². The first-order valence-electron chi connectivity index (χ1n) is 7.50. The highest BCUT2D eigenvalue weighted by Crippen LogP contribution is 2.34. The Balaban J connectivity index is 1.53. The van der Waals surface area contributed by atoms with Gasteiger partial charge in [0, 0.05) is 21.7 Å². The van der Waals surface area contributed by atoms with Crippen LogP contribution in [0, 0.1) is 0 Å². The van der Waals surface area contributed by atoms with E-state index < -0.39 is 5.54 Å². The number of carbonyl (C=O) groups excluding carboxylic acids is 2. The van der Waals surface area contributed by atoms with E-state index in [1.54, 1.807) is 11.8 Å². The first kappa shape index (κ1) is 15.9. The van der Waals surface area contributed by atoms with Crippen molar-refractivity contribution in [2.75, 3.05) is 11.5 Å². The maximum Gasteiger partial charge on any atom is 0.325 e. The number of hydrogen-bond acceptors (Lipinski definition) is 5. The van der Waals surface area contributed by atoms with Gasteiger partial charge >= 0.3 is 6.03 Å². The normalized spacial score (nSPS) is 23.3. The van der Waals surface area contributed by atoms with Crippen LogP contribution < -0.4 is 5.32 Å². The highest BCUT2D eigenvalue weighted by Gasteiger charge is 2.52. The summed E-state index contributed by atoms with van der Waals surface area (Å²) in [6.45, 7) is 0.209. The molecule has 2 aliphatic rings. The lowest BCUT2D eigenvalue weighted by Crippen LogP contribution is -2.46. The third-order valence-electron chi connectivity index (χ3n) is 4.23. The molecule has 0 aliphatic carbocycles. The van der Waals surface area contributed by atoms with Gasteiger partial charge in [0.25, 0.3) is 5.91 Å². The summed E-state index contributed by atoms with van der Waals surface area (Å²) in [4.78, 5) is 30.7. The molecule has 4 rings (SSSR count). The SMILES string of the molecule is O=C1NC2(CCSC2)C(=O)N1Cc1csc(-c2ccc(Cl)cc2)n1. The number of benzene rings is 1. The van der Waals surface area contributed by atoms with Crippen LogP contribution in [0.1, 0.15) is 12.1 Å². The number of carbonyl (C=O) groups is 2. The smallest absolute Gasteiger partial charge is 0.322 e. The van der Waals surface area contributed by atoms with E-state index in [0.717, 1.165) is 22.0 Å². The molecular weight excluding hydrogens is 366 g/mol. The van der Waals surface area contributed by atoms with Crippen molar-refractivity contribution in [3.05, 3.63) is 40.4 Å². The molecule has 24 heavy (non-hydrogen) atoms. The molecule has 8 heteroatoms. The number of thioether (sulfide) groups is 1. The molecule has 1 unspecified atom stereocenters. The summed E-state index contributed by atoms with van der Waals surface area (Å²) >= 11 is 9.09. The van der Waals surface area contributed by atoms with Gasteiger partial charge in [0.05, 0.1) is 12.2 Å². The maximum atomic E-state index is 12.6. The average Bonchev–Trinajstić information content (AvgIpc) is 3.27. The van der Waals surface area contributed by atoms with Crippen LogP contribution in [0.2, 0.25) is 5.02 Å². The van der Waals surface area contributed by atoms with Gasteiger partial charge in [0.2, 0.25) is 0 Å². The van der Waals surface area contributed by atoms with Crippen molar-refractivity contribution in [2.24, 2.45) is 0 Å². The van der Waals surface area contributed by atoms with E-state index in [9.17, 15) is 9.59 Å². The lowest BCUT2D eigenvalue weighted by atomic mass is 9.99. The minimum atomic E-state index is -0.698. The zero-order valence-corrected chi connectivity index (χ0v) is 15.0. The number of hydrogen-bond donors (Lipinski definition) is 1. The molecule has 0 saturated carbocycles. The number of aromatic nitrogens is 1. The van der Waals surface area contributed by atoms with Crippen molar-refractivity contribution in [1.29, 1.82) is 0 Å². The fourth-order valence-electron chi connectivity index (χ4n) is 2.92. The van der Waals surface area contributed by atoms with Gasteiger partial charge in [-0.2, -0.15) is 11.8 Å². The first-order valence-corrected chi connectivity index (χ1v) is 9.91. The van der Waals surface area contributed by atoms with E-state index >= 15 is 0 Å². The van der Waals surface area contributed by atoms with Crippen molar-refractivity contribution in [2.45, 2.75) is 18.5 Å². The average molecular weight is 380 g/mol. The minimum Gasteiger partial charge on any atom is -0.322 e. The molecule has 1 spiro atoms. The Morgan fingerprint density at radius 2 is 2.08 bits per heavy atom. The molecule has 3 amide bonds. The van der Waals surface area contributed by atoms with Gasteiger partial charge in [0.15, 0.2) is 0 Å². The molecule has 5 nitrogen and oxygen atoms in total. The second kappa shape index (κ2) is 6.06. The summed E-state index contributed by atoms with van der Waals surface area (Å²) in [5.41, 5.74) is 0.990. The molecule has 2 aromatic rings. The van der Waals surface area contributed by atoms with Gasteiger partial charge in [-0.05, 0) is 24.3 Å². The number of nitrogens with one attached hydrogen (secondary N) is 1. The second-order valence-electron chi connectivity index (χ2n) is 5.86. The van der Waals surface area contributed by atoms with Gasteiger partial charge in [-0.25, -0.2) is 9.78 Å². The Morgan fingerprint density at radius 1 is 1.29 bits per heavy atom. The van der Waals surface area contributed by atoms with Crippen molar-refractivity contribution >= 4 is 46.6 Å². The molecule has 1 atom stereocenters. The fraction of sp³-hybridized carbons (Fsp3) is 0.312. The third kappa shape index (κ3) is 2.70. The zero-order chi connectivity index (χ0) is 16.7. The molecule has 1 N–H and O–H groups in total. The lowest BCUT2D eigenvalue weighted by molar-refractivity contribution is -0.130. The first-order chi connectivity index (χ1) is 11.6. The Bertz CT molecular complexity index is 800. The highest BCUT2D eigenvalue weighted by molar-refractivity contribution is 7.99. The molecule has 3 heterocycles. The van der Waals surface area contributed by atoms with E-state index in [1.165, 1.54) is 16.2 Å². The summed E-state index contributed by atoms with van der Waals surface area (Å²) in [7, 11) is 0. The number of amides is 3. The Morgan fingerprint density at radius 3 is 2.79 bits per heavy atom. The number of urea groups is 1. The number of rotatable bonds is 3. The van der Waals surface area contributed by atoms with E-state index in [4.69, 9.17) is 11.6 Å². The van der Waals surface area contributed by atoms with Crippen LogP contribution in [-0.2, 0) is 11.3 Å². The number of imide groups is 1. The Hall–Kier alpha value is -1.57. The summed E-state index contributed by atoms with van der Waals surface area (Å²) in [6, 6.07) is 7.13. The highest BCUT2D eigenvalue weighted by atomic mass is 35.5. The van der Waals surface area contributed by atoms with Crippen LogP contribution in [0.5, 0.6) is 0 Å².